The molecule has 3 aromatic heterocycles. The lowest BCUT2D eigenvalue weighted by atomic mass is 10.1. The van der Waals surface area contributed by atoms with Gasteiger partial charge in [-0.05, 0) is 56.2 Å². The first-order chi connectivity index (χ1) is 15.5. The van der Waals surface area contributed by atoms with Crippen LogP contribution in [0.3, 0.4) is 0 Å². The molecule has 0 unspecified atom stereocenters. The van der Waals surface area contributed by atoms with Gasteiger partial charge in [-0.15, -0.1) is 0 Å². The molecule has 0 aliphatic heterocycles. The Morgan fingerprint density at radius 2 is 2.03 bits per heavy atom. The molecule has 1 fully saturated rings. The number of aliphatic imine (C=N–C) groups is 1. The number of hydrogen-bond acceptors (Lipinski definition) is 7. The molecule has 1 saturated carbocycles. The fraction of sp³-hybridized carbons (Fsp3) is 0.208. The molecule has 0 atom stereocenters. The maximum Gasteiger partial charge on any atom is 0.281 e. The third-order valence-corrected chi connectivity index (χ3v) is 5.44. The molecule has 160 valence electrons. The van der Waals surface area contributed by atoms with Crippen LogP contribution >= 0.6 is 0 Å². The monoisotopic (exact) mass is 425 g/mol. The Morgan fingerprint density at radius 3 is 2.75 bits per heavy atom. The van der Waals surface area contributed by atoms with E-state index in [2.05, 4.69) is 20.4 Å². The minimum atomic E-state index is -0.275. The number of pyridine rings is 2. The molecule has 0 radical (unpaired) electrons. The van der Waals surface area contributed by atoms with E-state index in [1.165, 1.54) is 4.68 Å². The van der Waals surface area contributed by atoms with Gasteiger partial charge in [-0.2, -0.15) is 9.78 Å². The summed E-state index contributed by atoms with van der Waals surface area (Å²) in [6.07, 6.45) is 5.63. The van der Waals surface area contributed by atoms with Gasteiger partial charge < -0.3 is 11.1 Å². The van der Waals surface area contributed by atoms with E-state index in [1.54, 1.807) is 37.7 Å². The standard InChI is InChI=1S/C24H23N7O/c1-14-3-4-15(13-27-14)22-23-20(9-10-21(29-23)28-17-5-6-17)30-31(24(22)32)18-7-8-19(25)16(11-18)12-26-2/h3-4,7-13,17H,5-6,25H2,1-2H3,(H,28,29). The Bertz CT molecular complexity index is 1400. The molecule has 3 N–H and O–H groups in total. The van der Waals surface area contributed by atoms with E-state index in [1.807, 2.05) is 31.2 Å². The van der Waals surface area contributed by atoms with Crippen LogP contribution in [0.5, 0.6) is 0 Å². The number of aromatic nitrogens is 4. The summed E-state index contributed by atoms with van der Waals surface area (Å²) in [6.45, 7) is 1.91. The van der Waals surface area contributed by atoms with Gasteiger partial charge in [0.05, 0.1) is 11.3 Å². The van der Waals surface area contributed by atoms with E-state index in [9.17, 15) is 4.79 Å². The lowest BCUT2D eigenvalue weighted by molar-refractivity contribution is 0.832. The zero-order chi connectivity index (χ0) is 22.2. The van der Waals surface area contributed by atoms with Crippen molar-refractivity contribution in [3.63, 3.8) is 0 Å². The van der Waals surface area contributed by atoms with Crippen LogP contribution in [0.15, 0.2) is 58.4 Å². The number of hydrogen-bond donors (Lipinski definition) is 2. The summed E-state index contributed by atoms with van der Waals surface area (Å²) in [6, 6.07) is 13.3. The van der Waals surface area contributed by atoms with Crippen molar-refractivity contribution in [2.45, 2.75) is 25.8 Å². The van der Waals surface area contributed by atoms with Gasteiger partial charge in [0.25, 0.3) is 5.56 Å². The van der Waals surface area contributed by atoms with Crippen molar-refractivity contribution in [1.82, 2.24) is 19.7 Å². The maximum atomic E-state index is 13.7. The SMILES string of the molecule is CN=Cc1cc(-n2nc3ccc(NC4CC4)nc3c(-c3ccc(C)nc3)c2=O)ccc1N. The first-order valence-electron chi connectivity index (χ1n) is 10.5. The molecule has 1 aliphatic rings. The number of fused-ring (bicyclic) bond motifs is 1. The number of nitrogens with one attached hydrogen (secondary N) is 1. The molecule has 4 aromatic rings. The second-order valence-corrected chi connectivity index (χ2v) is 7.96. The molecule has 3 heterocycles. The lowest BCUT2D eigenvalue weighted by Crippen LogP contribution is -2.24. The van der Waals surface area contributed by atoms with E-state index < -0.39 is 0 Å². The van der Waals surface area contributed by atoms with Crippen molar-refractivity contribution < 1.29 is 0 Å². The summed E-state index contributed by atoms with van der Waals surface area (Å²) in [7, 11) is 1.67. The normalized spacial score (nSPS) is 13.7. The Morgan fingerprint density at radius 1 is 1.19 bits per heavy atom. The molecule has 32 heavy (non-hydrogen) atoms. The van der Waals surface area contributed by atoms with Crippen LogP contribution in [0, 0.1) is 6.92 Å². The van der Waals surface area contributed by atoms with Gasteiger partial charge >= 0.3 is 0 Å². The molecule has 1 aromatic carbocycles. The average molecular weight is 425 g/mol. The fourth-order valence-corrected chi connectivity index (χ4v) is 3.59. The van der Waals surface area contributed by atoms with Crippen LogP contribution in [0.2, 0.25) is 0 Å². The van der Waals surface area contributed by atoms with Crippen molar-refractivity contribution in [1.29, 1.82) is 0 Å². The summed E-state index contributed by atoms with van der Waals surface area (Å²) in [5.74, 6) is 0.745. The van der Waals surface area contributed by atoms with E-state index in [0.717, 1.165) is 29.9 Å². The highest BCUT2D eigenvalue weighted by Crippen LogP contribution is 2.28. The van der Waals surface area contributed by atoms with E-state index in [0.29, 0.717) is 39.6 Å². The minimum Gasteiger partial charge on any atom is -0.398 e. The first kappa shape index (κ1) is 19.9. The van der Waals surface area contributed by atoms with Crippen molar-refractivity contribution in [2.24, 2.45) is 4.99 Å². The second kappa shape index (κ2) is 7.88. The third-order valence-electron chi connectivity index (χ3n) is 5.44. The number of nitrogen functional groups attached to an aromatic ring is 1. The Labute approximate surface area is 184 Å². The van der Waals surface area contributed by atoms with Gasteiger partial charge in [-0.1, -0.05) is 6.07 Å². The van der Waals surface area contributed by atoms with E-state index >= 15 is 0 Å². The Hall–Kier alpha value is -4.07. The van der Waals surface area contributed by atoms with E-state index in [-0.39, 0.29) is 5.56 Å². The molecule has 8 nitrogen and oxygen atoms in total. The quantitative estimate of drug-likeness (QED) is 0.375. The highest BCUT2D eigenvalue weighted by molar-refractivity contribution is 5.92. The topological polar surface area (TPSA) is 111 Å². The molecule has 0 saturated heterocycles. The number of aryl methyl sites for hydroxylation is 1. The van der Waals surface area contributed by atoms with Crippen LogP contribution in [-0.4, -0.2) is 39.1 Å². The number of rotatable bonds is 5. The highest BCUT2D eigenvalue weighted by Gasteiger charge is 2.22. The van der Waals surface area contributed by atoms with Crippen LogP contribution in [0.4, 0.5) is 11.5 Å². The summed E-state index contributed by atoms with van der Waals surface area (Å²) < 4.78 is 1.39. The van der Waals surface area contributed by atoms with Crippen molar-refractivity contribution in [2.75, 3.05) is 18.1 Å². The second-order valence-electron chi connectivity index (χ2n) is 7.96. The van der Waals surface area contributed by atoms with Crippen LogP contribution in [0.1, 0.15) is 24.1 Å². The maximum absolute atomic E-state index is 13.7. The van der Waals surface area contributed by atoms with Crippen molar-refractivity contribution in [3.8, 4) is 16.8 Å². The third kappa shape index (κ3) is 3.71. The summed E-state index contributed by atoms with van der Waals surface area (Å²) in [5.41, 5.74) is 10.9. The number of anilines is 2. The van der Waals surface area contributed by atoms with Crippen LogP contribution in [0.25, 0.3) is 27.8 Å². The predicted molar refractivity (Wildman–Crippen MR) is 128 cm³/mol. The lowest BCUT2D eigenvalue weighted by Gasteiger charge is -2.13. The largest absolute Gasteiger partial charge is 0.398 e. The van der Waals surface area contributed by atoms with Crippen molar-refractivity contribution >= 4 is 28.8 Å². The van der Waals surface area contributed by atoms with Crippen LogP contribution < -0.4 is 16.6 Å². The predicted octanol–water partition coefficient (Wildman–Crippen LogP) is 3.36. The molecule has 5 rings (SSSR count). The fourth-order valence-electron chi connectivity index (χ4n) is 3.59. The number of nitrogens with zero attached hydrogens (tertiary/aromatic N) is 5. The molecule has 0 bridgehead atoms. The van der Waals surface area contributed by atoms with Crippen molar-refractivity contribution in [3.05, 3.63) is 70.3 Å². The zero-order valence-corrected chi connectivity index (χ0v) is 17.9. The molecule has 1 aliphatic carbocycles. The van der Waals surface area contributed by atoms with E-state index in [4.69, 9.17) is 10.7 Å². The van der Waals surface area contributed by atoms with Gasteiger partial charge in [-0.3, -0.25) is 14.8 Å². The number of nitrogens with two attached hydrogens (primary N) is 1. The van der Waals surface area contributed by atoms with Gasteiger partial charge in [0.2, 0.25) is 0 Å². The minimum absolute atomic E-state index is 0.275. The first-order valence-corrected chi connectivity index (χ1v) is 10.5. The van der Waals surface area contributed by atoms with Gasteiger partial charge in [-0.25, -0.2) is 4.98 Å². The molecule has 8 heteroatoms. The molecular weight excluding hydrogens is 402 g/mol. The van der Waals surface area contributed by atoms with Gasteiger partial charge in [0.15, 0.2) is 0 Å². The summed E-state index contributed by atoms with van der Waals surface area (Å²) in [4.78, 5) is 26.9. The zero-order valence-electron chi connectivity index (χ0n) is 17.9. The molecular formula is C24H23N7O. The molecule has 0 amide bonds. The van der Waals surface area contributed by atoms with Gasteiger partial charge in [0, 0.05) is 48.0 Å². The Kier molecular flexibility index (Phi) is 4.89. The van der Waals surface area contributed by atoms with Gasteiger partial charge in [0.1, 0.15) is 16.9 Å². The highest BCUT2D eigenvalue weighted by atomic mass is 16.1. The number of benzene rings is 1. The Balaban J connectivity index is 1.76. The molecule has 0 spiro atoms. The van der Waals surface area contributed by atoms with Crippen LogP contribution in [-0.2, 0) is 0 Å². The smallest absolute Gasteiger partial charge is 0.281 e. The average Bonchev–Trinajstić information content (AvgIpc) is 3.60. The summed E-state index contributed by atoms with van der Waals surface area (Å²) >= 11 is 0. The summed E-state index contributed by atoms with van der Waals surface area (Å²) in [5, 5.41) is 8.02.